The fraction of sp³-hybridized carbons (Fsp3) is 0.250. The van der Waals surface area contributed by atoms with Gasteiger partial charge in [-0.25, -0.2) is 0 Å². The summed E-state index contributed by atoms with van der Waals surface area (Å²) in [5.74, 6) is 0. The van der Waals surface area contributed by atoms with E-state index < -0.39 is 0 Å². The summed E-state index contributed by atoms with van der Waals surface area (Å²) < 4.78 is 0. The molecule has 0 spiro atoms. The van der Waals surface area contributed by atoms with E-state index in [1.165, 1.54) is 5.56 Å². The average molecular weight is 320 g/mol. The minimum Gasteiger partial charge on any atom is -0.390 e. The van der Waals surface area contributed by atoms with E-state index in [-0.39, 0.29) is 11.7 Å². The summed E-state index contributed by atoms with van der Waals surface area (Å²) in [4.78, 5) is 17.5. The van der Waals surface area contributed by atoms with Crippen LogP contribution in [0.25, 0.3) is 22.0 Å². The monoisotopic (exact) mass is 320 g/mol. The molecule has 0 bridgehead atoms. The van der Waals surface area contributed by atoms with E-state index >= 15 is 0 Å². The fourth-order valence-electron chi connectivity index (χ4n) is 3.32. The minimum atomic E-state index is -0.171. The highest BCUT2D eigenvalue weighted by Gasteiger charge is 2.23. The molecule has 0 unspecified atom stereocenters. The predicted octanol–water partition coefficient (Wildman–Crippen LogP) is 2.68. The lowest BCUT2D eigenvalue weighted by atomic mass is 10.0. The maximum atomic E-state index is 12.3. The lowest BCUT2D eigenvalue weighted by molar-refractivity contribution is -0.00286. The zero-order valence-corrected chi connectivity index (χ0v) is 13.6. The van der Waals surface area contributed by atoms with Gasteiger partial charge in [-0.1, -0.05) is 36.4 Å². The second-order valence-electron chi connectivity index (χ2n) is 6.59. The second-order valence-corrected chi connectivity index (χ2v) is 6.59. The van der Waals surface area contributed by atoms with Crippen LogP contribution in [0, 0.1) is 6.92 Å². The van der Waals surface area contributed by atoms with Crippen molar-refractivity contribution < 1.29 is 5.11 Å². The largest absolute Gasteiger partial charge is 0.390 e. The highest BCUT2D eigenvalue weighted by atomic mass is 16.3. The second kappa shape index (κ2) is 5.89. The molecule has 1 saturated heterocycles. The van der Waals surface area contributed by atoms with Crippen molar-refractivity contribution in [3.63, 3.8) is 0 Å². The van der Waals surface area contributed by atoms with Crippen molar-refractivity contribution in [2.24, 2.45) is 0 Å². The predicted molar refractivity (Wildman–Crippen MR) is 96.0 cm³/mol. The molecule has 1 aliphatic heterocycles. The van der Waals surface area contributed by atoms with Gasteiger partial charge in [-0.2, -0.15) is 0 Å². The molecule has 1 aliphatic rings. The Bertz CT molecular complexity index is 938. The Morgan fingerprint density at radius 3 is 2.58 bits per heavy atom. The molecular weight excluding hydrogens is 300 g/mol. The SMILES string of the molecule is Cc1cccc2c(=O)[nH]c(-c3ccc(CN4CC(O)C4)cc3)cc12. The molecule has 0 amide bonds. The number of rotatable bonds is 3. The molecule has 2 N–H and O–H groups in total. The summed E-state index contributed by atoms with van der Waals surface area (Å²) in [6, 6.07) is 16.1. The molecule has 0 radical (unpaired) electrons. The maximum absolute atomic E-state index is 12.3. The smallest absolute Gasteiger partial charge is 0.256 e. The standard InChI is InChI=1S/C20H20N2O2/c1-13-3-2-4-17-18(13)9-19(21-20(17)24)15-7-5-14(6-8-15)10-22-11-16(23)12-22/h2-9,16,23H,10-12H2,1H3,(H,21,24). The number of aryl methyl sites for hydroxylation is 1. The Labute approximate surface area is 140 Å². The Balaban J connectivity index is 1.65. The van der Waals surface area contributed by atoms with Crippen molar-refractivity contribution in [3.05, 3.63) is 70.0 Å². The van der Waals surface area contributed by atoms with E-state index in [4.69, 9.17) is 0 Å². The van der Waals surface area contributed by atoms with Gasteiger partial charge in [0, 0.05) is 30.7 Å². The molecule has 2 heterocycles. The van der Waals surface area contributed by atoms with Gasteiger partial charge in [0.05, 0.1) is 6.10 Å². The topological polar surface area (TPSA) is 56.3 Å². The first-order valence-corrected chi connectivity index (χ1v) is 8.22. The van der Waals surface area contributed by atoms with Crippen LogP contribution in [0.4, 0.5) is 0 Å². The van der Waals surface area contributed by atoms with Crippen molar-refractivity contribution in [1.29, 1.82) is 0 Å². The van der Waals surface area contributed by atoms with Gasteiger partial charge in [0.25, 0.3) is 5.56 Å². The number of β-amino-alcohol motifs (C(OH)–C–C–N with tert-alkyl or cyclic N) is 1. The van der Waals surface area contributed by atoms with E-state index in [2.05, 4.69) is 22.0 Å². The van der Waals surface area contributed by atoms with E-state index in [0.717, 1.165) is 47.2 Å². The molecule has 2 aromatic carbocycles. The maximum Gasteiger partial charge on any atom is 0.256 e. The van der Waals surface area contributed by atoms with Crippen molar-refractivity contribution >= 4 is 10.8 Å². The van der Waals surface area contributed by atoms with Crippen molar-refractivity contribution in [3.8, 4) is 11.3 Å². The molecule has 122 valence electrons. The number of fused-ring (bicyclic) bond motifs is 1. The summed E-state index contributed by atoms with van der Waals surface area (Å²) in [5.41, 5.74) is 4.11. The first kappa shape index (κ1) is 15.1. The number of aromatic nitrogens is 1. The molecule has 24 heavy (non-hydrogen) atoms. The number of nitrogens with one attached hydrogen (secondary N) is 1. The molecule has 1 aromatic heterocycles. The van der Waals surface area contributed by atoms with Crippen LogP contribution in [0.2, 0.25) is 0 Å². The molecular formula is C20H20N2O2. The van der Waals surface area contributed by atoms with Crippen molar-refractivity contribution in [2.45, 2.75) is 19.6 Å². The van der Waals surface area contributed by atoms with Crippen molar-refractivity contribution in [1.82, 2.24) is 9.88 Å². The number of nitrogens with zero attached hydrogens (tertiary/aromatic N) is 1. The molecule has 0 atom stereocenters. The first-order valence-electron chi connectivity index (χ1n) is 8.22. The van der Waals surface area contributed by atoms with Crippen LogP contribution in [-0.4, -0.2) is 34.2 Å². The van der Waals surface area contributed by atoms with E-state index in [0.29, 0.717) is 0 Å². The average Bonchev–Trinajstić information content (AvgIpc) is 2.55. The van der Waals surface area contributed by atoms with Gasteiger partial charge in [-0.3, -0.25) is 9.69 Å². The third-order valence-electron chi connectivity index (χ3n) is 4.71. The van der Waals surface area contributed by atoms with Gasteiger partial charge in [0.15, 0.2) is 0 Å². The normalized spacial score (nSPS) is 15.6. The van der Waals surface area contributed by atoms with Crippen molar-refractivity contribution in [2.75, 3.05) is 13.1 Å². The molecule has 4 nitrogen and oxygen atoms in total. The van der Waals surface area contributed by atoms with Crippen LogP contribution in [0.1, 0.15) is 11.1 Å². The quantitative estimate of drug-likeness (QED) is 0.780. The van der Waals surface area contributed by atoms with Gasteiger partial charge in [0.1, 0.15) is 0 Å². The summed E-state index contributed by atoms with van der Waals surface area (Å²) in [6.07, 6.45) is -0.171. The number of benzene rings is 2. The number of likely N-dealkylation sites (tertiary alicyclic amines) is 1. The minimum absolute atomic E-state index is 0.0511. The first-order chi connectivity index (χ1) is 11.6. The Kier molecular flexibility index (Phi) is 3.71. The third-order valence-corrected chi connectivity index (χ3v) is 4.71. The van der Waals surface area contributed by atoms with Crippen LogP contribution in [0.5, 0.6) is 0 Å². The van der Waals surface area contributed by atoms with Gasteiger partial charge in [-0.15, -0.1) is 0 Å². The summed E-state index contributed by atoms with van der Waals surface area (Å²) >= 11 is 0. The molecule has 1 fully saturated rings. The highest BCUT2D eigenvalue weighted by molar-refractivity contribution is 5.87. The van der Waals surface area contributed by atoms with Gasteiger partial charge >= 0.3 is 0 Å². The number of aliphatic hydroxyl groups excluding tert-OH is 1. The lowest BCUT2D eigenvalue weighted by Crippen LogP contribution is -2.49. The fourth-order valence-corrected chi connectivity index (χ4v) is 3.32. The zero-order chi connectivity index (χ0) is 16.7. The van der Waals surface area contributed by atoms with E-state index in [9.17, 15) is 9.90 Å². The Morgan fingerprint density at radius 2 is 1.88 bits per heavy atom. The summed E-state index contributed by atoms with van der Waals surface area (Å²) in [6.45, 7) is 4.37. The summed E-state index contributed by atoms with van der Waals surface area (Å²) in [7, 11) is 0. The van der Waals surface area contributed by atoms with Gasteiger partial charge in [0.2, 0.25) is 0 Å². The van der Waals surface area contributed by atoms with Crippen LogP contribution in [0.3, 0.4) is 0 Å². The van der Waals surface area contributed by atoms with Crippen LogP contribution in [-0.2, 0) is 6.54 Å². The summed E-state index contributed by atoms with van der Waals surface area (Å²) in [5, 5.41) is 11.1. The van der Waals surface area contributed by atoms with E-state index in [1.807, 2.05) is 43.3 Å². The molecule has 3 aromatic rings. The molecule has 4 heteroatoms. The lowest BCUT2D eigenvalue weighted by Gasteiger charge is -2.35. The number of hydrogen-bond donors (Lipinski definition) is 2. The molecule has 0 aliphatic carbocycles. The number of aliphatic hydroxyl groups is 1. The number of hydrogen-bond acceptors (Lipinski definition) is 3. The van der Waals surface area contributed by atoms with Crippen LogP contribution >= 0.6 is 0 Å². The zero-order valence-electron chi connectivity index (χ0n) is 13.6. The van der Waals surface area contributed by atoms with Crippen LogP contribution < -0.4 is 5.56 Å². The molecule has 0 saturated carbocycles. The van der Waals surface area contributed by atoms with Crippen LogP contribution in [0.15, 0.2) is 53.3 Å². The third kappa shape index (κ3) is 2.75. The number of aromatic amines is 1. The van der Waals surface area contributed by atoms with E-state index in [1.54, 1.807) is 0 Å². The van der Waals surface area contributed by atoms with Gasteiger partial charge < -0.3 is 10.1 Å². The number of pyridine rings is 1. The Hall–Kier alpha value is -2.43. The highest BCUT2D eigenvalue weighted by Crippen LogP contribution is 2.23. The molecule has 4 rings (SSSR count). The Morgan fingerprint density at radius 1 is 1.12 bits per heavy atom. The number of H-pyrrole nitrogens is 1. The van der Waals surface area contributed by atoms with Gasteiger partial charge in [-0.05, 0) is 41.1 Å².